The Morgan fingerprint density at radius 2 is 1.96 bits per heavy atom. The highest BCUT2D eigenvalue weighted by Crippen LogP contribution is 2.21. The Morgan fingerprint density at radius 3 is 2.64 bits per heavy atom. The number of aromatic nitrogens is 4. The largest absolute Gasteiger partial charge is 0.353 e. The van der Waals surface area contributed by atoms with E-state index in [4.69, 9.17) is 0 Å². The molecule has 0 spiro atoms. The minimum atomic E-state index is -0.140. The van der Waals surface area contributed by atoms with Gasteiger partial charge in [0.25, 0.3) is 5.91 Å². The quantitative estimate of drug-likeness (QED) is 0.647. The monoisotopic (exact) mass is 364 g/mol. The Labute approximate surface area is 151 Å². The number of likely N-dealkylation sites (N-methyl/N-ethyl adjacent to an activating group) is 1. The van der Waals surface area contributed by atoms with Crippen molar-refractivity contribution in [3.63, 3.8) is 0 Å². The van der Waals surface area contributed by atoms with Crippen molar-refractivity contribution in [1.29, 1.82) is 0 Å². The van der Waals surface area contributed by atoms with Gasteiger partial charge in [-0.25, -0.2) is 4.98 Å². The summed E-state index contributed by atoms with van der Waals surface area (Å²) in [7, 11) is 4.01. The molecular weight excluding hydrogens is 340 g/mol. The van der Waals surface area contributed by atoms with Crippen LogP contribution in [-0.4, -0.2) is 64.0 Å². The van der Waals surface area contributed by atoms with E-state index in [2.05, 4.69) is 40.8 Å². The summed E-state index contributed by atoms with van der Waals surface area (Å²) in [6.07, 6.45) is 1.54. The fourth-order valence-electron chi connectivity index (χ4n) is 1.87. The molecule has 0 saturated carbocycles. The summed E-state index contributed by atoms with van der Waals surface area (Å²) in [5, 5.41) is 9.58. The molecular formula is C15H24N8OS. The molecule has 0 bridgehead atoms. The van der Waals surface area contributed by atoms with Crippen molar-refractivity contribution in [2.75, 3.05) is 37.8 Å². The molecule has 2 rings (SSSR count). The third-order valence-electron chi connectivity index (χ3n) is 2.96. The van der Waals surface area contributed by atoms with E-state index in [9.17, 15) is 4.79 Å². The summed E-state index contributed by atoms with van der Waals surface area (Å²) in [6.45, 7) is 7.22. The van der Waals surface area contributed by atoms with Crippen LogP contribution in [0.25, 0.3) is 0 Å². The molecule has 3 N–H and O–H groups in total. The second-order valence-electron chi connectivity index (χ2n) is 6.04. The number of carbonyl (C=O) groups excluding carboxylic acids is 1. The van der Waals surface area contributed by atoms with Crippen molar-refractivity contribution in [3.05, 3.63) is 16.9 Å². The first-order chi connectivity index (χ1) is 11.8. The van der Waals surface area contributed by atoms with E-state index in [1.807, 2.05) is 27.9 Å². The van der Waals surface area contributed by atoms with Gasteiger partial charge in [-0.15, -0.1) is 0 Å². The summed E-state index contributed by atoms with van der Waals surface area (Å²) in [4.78, 5) is 31.6. The number of carbonyl (C=O) groups is 1. The molecule has 10 heteroatoms. The van der Waals surface area contributed by atoms with Gasteiger partial charge >= 0.3 is 0 Å². The van der Waals surface area contributed by atoms with E-state index >= 15 is 0 Å². The van der Waals surface area contributed by atoms with Crippen molar-refractivity contribution >= 4 is 34.3 Å². The number of amides is 1. The molecule has 0 aliphatic carbocycles. The maximum atomic E-state index is 12.0. The smallest absolute Gasteiger partial charge is 0.263 e. The standard InChI is InChI=1S/C15H24N8OS/c1-9(2)18-12(24)11-8-17-15(25-11)22-14-20-10(3)19-13(21-14)16-6-7-23(4)5/h8-9H,6-7H2,1-5H3,(H,18,24)(H2,16,17,19,20,21,22). The van der Waals surface area contributed by atoms with Crippen LogP contribution < -0.4 is 16.0 Å². The van der Waals surface area contributed by atoms with Gasteiger partial charge in [0.05, 0.1) is 6.20 Å². The highest BCUT2D eigenvalue weighted by Gasteiger charge is 2.13. The van der Waals surface area contributed by atoms with Gasteiger partial charge in [-0.3, -0.25) is 10.1 Å². The summed E-state index contributed by atoms with van der Waals surface area (Å²) in [5.74, 6) is 1.36. The zero-order chi connectivity index (χ0) is 18.4. The van der Waals surface area contributed by atoms with E-state index in [-0.39, 0.29) is 11.9 Å². The molecule has 0 unspecified atom stereocenters. The maximum absolute atomic E-state index is 12.0. The van der Waals surface area contributed by atoms with E-state index in [0.717, 1.165) is 13.1 Å². The molecule has 0 aliphatic heterocycles. The number of nitrogens with zero attached hydrogens (tertiary/aromatic N) is 5. The average Bonchev–Trinajstić information content (AvgIpc) is 2.94. The fourth-order valence-corrected chi connectivity index (χ4v) is 2.59. The molecule has 9 nitrogen and oxygen atoms in total. The fraction of sp³-hybridized carbons (Fsp3) is 0.533. The summed E-state index contributed by atoms with van der Waals surface area (Å²) < 4.78 is 0. The maximum Gasteiger partial charge on any atom is 0.263 e. The lowest BCUT2D eigenvalue weighted by Crippen LogP contribution is -2.29. The number of aryl methyl sites for hydroxylation is 1. The van der Waals surface area contributed by atoms with E-state index < -0.39 is 0 Å². The van der Waals surface area contributed by atoms with Crippen LogP contribution in [0.3, 0.4) is 0 Å². The SMILES string of the molecule is Cc1nc(NCCN(C)C)nc(Nc2ncc(C(=O)NC(C)C)s2)n1. The lowest BCUT2D eigenvalue weighted by molar-refractivity contribution is 0.0947. The van der Waals surface area contributed by atoms with E-state index in [0.29, 0.717) is 27.7 Å². The Bertz CT molecular complexity index is 715. The van der Waals surface area contributed by atoms with Gasteiger partial charge in [0.15, 0.2) is 5.13 Å². The molecule has 2 heterocycles. The van der Waals surface area contributed by atoms with Gasteiger partial charge in [-0.05, 0) is 34.9 Å². The van der Waals surface area contributed by atoms with Crippen LogP contribution in [-0.2, 0) is 0 Å². The number of hydrogen-bond donors (Lipinski definition) is 3. The van der Waals surface area contributed by atoms with Crippen LogP contribution in [0.15, 0.2) is 6.20 Å². The van der Waals surface area contributed by atoms with Crippen molar-refractivity contribution in [2.45, 2.75) is 26.8 Å². The van der Waals surface area contributed by atoms with Gasteiger partial charge in [-0.2, -0.15) is 15.0 Å². The van der Waals surface area contributed by atoms with Crippen LogP contribution in [0.1, 0.15) is 29.3 Å². The topological polar surface area (TPSA) is 108 Å². The Kier molecular flexibility index (Phi) is 6.59. The van der Waals surface area contributed by atoms with Crippen molar-refractivity contribution < 1.29 is 4.79 Å². The predicted molar refractivity (Wildman–Crippen MR) is 99.6 cm³/mol. The Hall–Kier alpha value is -2.33. The average molecular weight is 364 g/mol. The van der Waals surface area contributed by atoms with Gasteiger partial charge < -0.3 is 15.5 Å². The lowest BCUT2D eigenvalue weighted by Gasteiger charge is -2.11. The van der Waals surface area contributed by atoms with Gasteiger partial charge in [0.1, 0.15) is 10.7 Å². The number of nitrogens with one attached hydrogen (secondary N) is 3. The second kappa shape index (κ2) is 8.67. The van der Waals surface area contributed by atoms with E-state index in [1.54, 1.807) is 6.92 Å². The molecule has 0 fully saturated rings. The lowest BCUT2D eigenvalue weighted by atomic mass is 10.4. The second-order valence-corrected chi connectivity index (χ2v) is 7.07. The Balaban J connectivity index is 2.03. The summed E-state index contributed by atoms with van der Waals surface area (Å²) in [5.41, 5.74) is 0. The normalized spacial score (nSPS) is 11.0. The van der Waals surface area contributed by atoms with Crippen molar-refractivity contribution in [2.24, 2.45) is 0 Å². The Morgan fingerprint density at radius 1 is 1.24 bits per heavy atom. The summed E-state index contributed by atoms with van der Waals surface area (Å²) >= 11 is 1.25. The highest BCUT2D eigenvalue weighted by atomic mass is 32.1. The highest BCUT2D eigenvalue weighted by molar-refractivity contribution is 7.17. The van der Waals surface area contributed by atoms with Crippen LogP contribution in [0.5, 0.6) is 0 Å². The molecule has 0 saturated heterocycles. The van der Waals surface area contributed by atoms with Gasteiger partial charge in [-0.1, -0.05) is 11.3 Å². The minimum absolute atomic E-state index is 0.0768. The zero-order valence-corrected chi connectivity index (χ0v) is 15.9. The third kappa shape index (κ3) is 6.24. The van der Waals surface area contributed by atoms with Gasteiger partial charge in [0.2, 0.25) is 11.9 Å². The molecule has 0 radical (unpaired) electrons. The molecule has 0 aliphatic rings. The minimum Gasteiger partial charge on any atom is -0.353 e. The van der Waals surface area contributed by atoms with Gasteiger partial charge in [0, 0.05) is 19.1 Å². The molecule has 136 valence electrons. The van der Waals surface area contributed by atoms with E-state index in [1.165, 1.54) is 17.5 Å². The first-order valence-electron chi connectivity index (χ1n) is 7.98. The zero-order valence-electron chi connectivity index (χ0n) is 15.1. The third-order valence-corrected chi connectivity index (χ3v) is 3.87. The molecule has 1 amide bonds. The number of hydrogen-bond acceptors (Lipinski definition) is 9. The molecule has 25 heavy (non-hydrogen) atoms. The molecule has 0 atom stereocenters. The van der Waals surface area contributed by atoms with Crippen molar-refractivity contribution in [3.8, 4) is 0 Å². The van der Waals surface area contributed by atoms with Crippen molar-refractivity contribution in [1.82, 2.24) is 30.2 Å². The van der Waals surface area contributed by atoms with Crippen LogP contribution in [0.4, 0.5) is 17.0 Å². The summed E-state index contributed by atoms with van der Waals surface area (Å²) in [6, 6.07) is 0.0768. The first kappa shape index (κ1) is 19.0. The molecule has 2 aromatic rings. The van der Waals surface area contributed by atoms with Crippen LogP contribution in [0, 0.1) is 6.92 Å². The number of rotatable bonds is 8. The predicted octanol–water partition coefficient (Wildman–Crippen LogP) is 1.49. The first-order valence-corrected chi connectivity index (χ1v) is 8.80. The molecule has 2 aromatic heterocycles. The number of anilines is 3. The number of thiazole rings is 1. The van der Waals surface area contributed by atoms with Crippen LogP contribution in [0.2, 0.25) is 0 Å². The van der Waals surface area contributed by atoms with Crippen LogP contribution >= 0.6 is 11.3 Å². The molecule has 0 aromatic carbocycles.